The van der Waals surface area contributed by atoms with Crippen LogP contribution in [0, 0.1) is 0 Å². The Labute approximate surface area is 122 Å². The van der Waals surface area contributed by atoms with Gasteiger partial charge in [0, 0.05) is 18.1 Å². The monoisotopic (exact) mass is 286 g/mol. The molecule has 2 heterocycles. The van der Waals surface area contributed by atoms with Crippen molar-refractivity contribution in [1.29, 1.82) is 0 Å². The lowest BCUT2D eigenvalue weighted by atomic mass is 10.0. The number of hydrogen-bond acceptors (Lipinski definition) is 3. The predicted molar refractivity (Wildman–Crippen MR) is 80.7 cm³/mol. The number of hydrogen-bond donors (Lipinski definition) is 1. The highest BCUT2D eigenvalue weighted by atomic mass is 35.5. The van der Waals surface area contributed by atoms with Crippen molar-refractivity contribution in [3.63, 3.8) is 0 Å². The first-order chi connectivity index (χ1) is 9.72. The van der Waals surface area contributed by atoms with Gasteiger partial charge in [-0.05, 0) is 18.4 Å². The van der Waals surface area contributed by atoms with Gasteiger partial charge in [-0.15, -0.1) is 0 Å². The second-order valence-corrected chi connectivity index (χ2v) is 5.00. The summed E-state index contributed by atoms with van der Waals surface area (Å²) in [4.78, 5) is 4.45. The third-order valence-corrected chi connectivity index (χ3v) is 3.72. The van der Waals surface area contributed by atoms with Gasteiger partial charge >= 0.3 is 0 Å². The van der Waals surface area contributed by atoms with Crippen molar-refractivity contribution in [2.24, 2.45) is 5.73 Å². The van der Waals surface area contributed by atoms with E-state index in [4.69, 9.17) is 17.3 Å². The van der Waals surface area contributed by atoms with E-state index < -0.39 is 6.04 Å². The predicted octanol–water partition coefficient (Wildman–Crippen LogP) is 3.15. The van der Waals surface area contributed by atoms with E-state index in [0.717, 1.165) is 28.7 Å². The van der Waals surface area contributed by atoms with Crippen LogP contribution in [0.1, 0.15) is 24.4 Å². The summed E-state index contributed by atoms with van der Waals surface area (Å²) in [5.41, 5.74) is 8.02. The van der Waals surface area contributed by atoms with Crippen LogP contribution in [0.15, 0.2) is 42.7 Å². The summed E-state index contributed by atoms with van der Waals surface area (Å²) in [7, 11) is 0. The average molecular weight is 287 g/mol. The molecule has 0 amide bonds. The Morgan fingerprint density at radius 3 is 2.90 bits per heavy atom. The van der Waals surface area contributed by atoms with E-state index >= 15 is 0 Å². The maximum absolute atomic E-state index is 6.40. The third-order valence-electron chi connectivity index (χ3n) is 3.43. The van der Waals surface area contributed by atoms with Crippen LogP contribution < -0.4 is 5.73 Å². The molecule has 0 radical (unpaired) electrons. The summed E-state index contributed by atoms with van der Waals surface area (Å²) in [6, 6.07) is 9.64. The molecule has 20 heavy (non-hydrogen) atoms. The van der Waals surface area contributed by atoms with Gasteiger partial charge in [0.25, 0.3) is 0 Å². The van der Waals surface area contributed by atoms with Crippen LogP contribution in [0.25, 0.3) is 10.8 Å². The molecule has 0 aliphatic heterocycles. The summed E-state index contributed by atoms with van der Waals surface area (Å²) < 4.78 is 1.82. The van der Waals surface area contributed by atoms with Gasteiger partial charge < -0.3 is 5.73 Å². The number of benzene rings is 1. The van der Waals surface area contributed by atoms with Gasteiger partial charge in [-0.1, -0.05) is 35.9 Å². The molecule has 0 saturated carbocycles. The largest absolute Gasteiger partial charge is 0.318 e. The Morgan fingerprint density at radius 1 is 1.30 bits per heavy atom. The van der Waals surface area contributed by atoms with Gasteiger partial charge in [-0.25, -0.2) is 0 Å². The average Bonchev–Trinajstić information content (AvgIpc) is 2.87. The van der Waals surface area contributed by atoms with E-state index in [2.05, 4.69) is 10.1 Å². The summed E-state index contributed by atoms with van der Waals surface area (Å²) in [6.07, 6.45) is 3.41. The molecule has 2 N–H and O–H groups in total. The minimum Gasteiger partial charge on any atom is -0.318 e. The number of aromatic nitrogens is 3. The molecule has 0 saturated heterocycles. The lowest BCUT2D eigenvalue weighted by Crippen LogP contribution is -2.19. The number of halogens is 1. The second-order valence-electron chi connectivity index (χ2n) is 4.59. The summed E-state index contributed by atoms with van der Waals surface area (Å²) in [5.74, 6) is 0. The molecule has 0 aliphatic carbocycles. The van der Waals surface area contributed by atoms with Crippen LogP contribution in [0.5, 0.6) is 0 Å². The maximum atomic E-state index is 6.40. The van der Waals surface area contributed by atoms with Gasteiger partial charge in [-0.3, -0.25) is 9.67 Å². The zero-order chi connectivity index (χ0) is 14.1. The van der Waals surface area contributed by atoms with Crippen molar-refractivity contribution >= 4 is 22.4 Å². The van der Waals surface area contributed by atoms with Crippen molar-refractivity contribution in [3.8, 4) is 0 Å². The number of pyridine rings is 1. The maximum Gasteiger partial charge on any atom is 0.0918 e. The first kappa shape index (κ1) is 13.1. The number of aryl methyl sites for hydroxylation is 1. The van der Waals surface area contributed by atoms with Gasteiger partial charge in [-0.2, -0.15) is 5.10 Å². The SMILES string of the molecule is CCn1ncc(Cl)c1C(N)c1nccc2ccccc12. The first-order valence-corrected chi connectivity index (χ1v) is 6.90. The highest BCUT2D eigenvalue weighted by Gasteiger charge is 2.20. The fourth-order valence-electron chi connectivity index (χ4n) is 2.45. The summed E-state index contributed by atoms with van der Waals surface area (Å²) >= 11 is 6.23. The molecule has 1 atom stereocenters. The molecule has 3 rings (SSSR count). The molecule has 1 aromatic carbocycles. The minimum absolute atomic E-state index is 0.393. The van der Waals surface area contributed by atoms with Crippen LogP contribution in [0.3, 0.4) is 0 Å². The van der Waals surface area contributed by atoms with Crippen molar-refractivity contribution in [1.82, 2.24) is 14.8 Å². The third kappa shape index (κ3) is 2.07. The van der Waals surface area contributed by atoms with E-state index in [0.29, 0.717) is 5.02 Å². The number of fused-ring (bicyclic) bond motifs is 1. The van der Waals surface area contributed by atoms with Crippen molar-refractivity contribution in [3.05, 3.63) is 59.1 Å². The molecule has 0 fully saturated rings. The topological polar surface area (TPSA) is 56.7 Å². The van der Waals surface area contributed by atoms with Crippen LogP contribution >= 0.6 is 11.6 Å². The fourth-order valence-corrected chi connectivity index (χ4v) is 2.71. The Balaban J connectivity index is 2.17. The van der Waals surface area contributed by atoms with Crippen LogP contribution in [-0.4, -0.2) is 14.8 Å². The Bertz CT molecular complexity index is 745. The molecular formula is C15H15ClN4. The lowest BCUT2D eigenvalue weighted by Gasteiger charge is -2.15. The molecule has 1 unspecified atom stereocenters. The molecule has 2 aromatic heterocycles. The lowest BCUT2D eigenvalue weighted by molar-refractivity contribution is 0.598. The van der Waals surface area contributed by atoms with Gasteiger partial charge in [0.15, 0.2) is 0 Å². The number of rotatable bonds is 3. The van der Waals surface area contributed by atoms with Crippen molar-refractivity contribution in [2.45, 2.75) is 19.5 Å². The second kappa shape index (κ2) is 5.23. The van der Waals surface area contributed by atoms with Gasteiger partial charge in [0.05, 0.1) is 28.6 Å². The molecule has 0 bridgehead atoms. The first-order valence-electron chi connectivity index (χ1n) is 6.52. The van der Waals surface area contributed by atoms with Gasteiger partial charge in [0.2, 0.25) is 0 Å². The molecule has 5 heteroatoms. The number of nitrogens with two attached hydrogens (primary N) is 1. The zero-order valence-electron chi connectivity index (χ0n) is 11.1. The van der Waals surface area contributed by atoms with E-state index in [-0.39, 0.29) is 0 Å². The Hall–Kier alpha value is -1.91. The van der Waals surface area contributed by atoms with Crippen LogP contribution in [0.4, 0.5) is 0 Å². The Morgan fingerprint density at radius 2 is 2.10 bits per heavy atom. The standard InChI is InChI=1S/C15H15ClN4/c1-2-20-15(12(16)9-19-20)13(17)14-11-6-4-3-5-10(11)7-8-18-14/h3-9,13H,2,17H2,1H3. The van der Waals surface area contributed by atoms with E-state index in [1.807, 2.05) is 41.9 Å². The summed E-state index contributed by atoms with van der Waals surface area (Å²) in [5, 5.41) is 6.98. The van der Waals surface area contributed by atoms with E-state index in [1.54, 1.807) is 12.4 Å². The van der Waals surface area contributed by atoms with Gasteiger partial charge in [0.1, 0.15) is 0 Å². The molecule has 0 aliphatic rings. The smallest absolute Gasteiger partial charge is 0.0918 e. The highest BCUT2D eigenvalue weighted by Crippen LogP contribution is 2.29. The van der Waals surface area contributed by atoms with E-state index in [9.17, 15) is 0 Å². The van der Waals surface area contributed by atoms with Crippen molar-refractivity contribution in [2.75, 3.05) is 0 Å². The zero-order valence-corrected chi connectivity index (χ0v) is 11.9. The fraction of sp³-hybridized carbons (Fsp3) is 0.200. The quantitative estimate of drug-likeness (QED) is 0.805. The summed E-state index contributed by atoms with van der Waals surface area (Å²) in [6.45, 7) is 2.73. The van der Waals surface area contributed by atoms with Crippen molar-refractivity contribution < 1.29 is 0 Å². The molecule has 3 aromatic rings. The molecular weight excluding hydrogens is 272 g/mol. The minimum atomic E-state index is -0.393. The molecule has 4 nitrogen and oxygen atoms in total. The van der Waals surface area contributed by atoms with Crippen LogP contribution in [-0.2, 0) is 6.54 Å². The highest BCUT2D eigenvalue weighted by molar-refractivity contribution is 6.31. The number of nitrogens with zero attached hydrogens (tertiary/aromatic N) is 3. The van der Waals surface area contributed by atoms with Crippen LogP contribution in [0.2, 0.25) is 5.02 Å². The molecule has 0 spiro atoms. The molecule has 102 valence electrons. The van der Waals surface area contributed by atoms with E-state index in [1.165, 1.54) is 0 Å². The Kier molecular flexibility index (Phi) is 3.42. The normalized spacial score (nSPS) is 12.8.